The first-order chi connectivity index (χ1) is 20.1. The molecular formula is C36H67NO5. The van der Waals surface area contributed by atoms with E-state index in [-0.39, 0.29) is 36.5 Å². The number of rotatable bonds is 22. The zero-order valence-corrected chi connectivity index (χ0v) is 28.6. The number of carbonyl (C=O) groups excluding carboxylic acids is 1. The smallest absolute Gasteiger partial charge is 0.312 e. The summed E-state index contributed by atoms with van der Waals surface area (Å²) in [6, 6.07) is 0. The number of nitrogens with zero attached hydrogens (tertiary/aromatic N) is 1. The van der Waals surface area contributed by atoms with Crippen LogP contribution in [0.1, 0.15) is 168 Å². The van der Waals surface area contributed by atoms with Crippen molar-refractivity contribution in [2.45, 2.75) is 177 Å². The van der Waals surface area contributed by atoms with Crippen LogP contribution in [-0.4, -0.2) is 32.4 Å². The molecule has 6 heteroatoms. The molecule has 0 radical (unpaired) electrons. The quantitative estimate of drug-likeness (QED) is 0.0914. The molecule has 42 heavy (non-hydrogen) atoms. The van der Waals surface area contributed by atoms with Crippen LogP contribution in [0.3, 0.4) is 0 Å². The van der Waals surface area contributed by atoms with Gasteiger partial charge in [0.05, 0.1) is 30.4 Å². The third-order valence-electron chi connectivity index (χ3n) is 9.10. The average molecular weight is 594 g/mol. The highest BCUT2D eigenvalue weighted by Crippen LogP contribution is 2.47. The Kier molecular flexibility index (Phi) is 22.8. The van der Waals surface area contributed by atoms with Crippen LogP contribution in [-0.2, 0) is 22.7 Å². The van der Waals surface area contributed by atoms with Crippen LogP contribution in [0, 0.1) is 24.2 Å². The van der Waals surface area contributed by atoms with Crippen molar-refractivity contribution in [2.75, 3.05) is 0 Å². The van der Waals surface area contributed by atoms with Gasteiger partial charge in [-0.2, -0.15) is 0 Å². The second-order valence-electron chi connectivity index (χ2n) is 12.5. The third-order valence-corrected chi connectivity index (χ3v) is 9.10. The predicted molar refractivity (Wildman–Crippen MR) is 175 cm³/mol. The lowest BCUT2D eigenvalue weighted by Gasteiger charge is -2.43. The van der Waals surface area contributed by atoms with Crippen molar-refractivity contribution in [3.05, 3.63) is 23.0 Å². The highest BCUT2D eigenvalue weighted by atomic mass is 16.5. The standard InChI is InChI=1S/C28H56O2.C8H11NO3/c1-8-12-16-17-18-19-23-28(24(5)20-13-9-2,25(6)21-14-10-3)27(29)30-26(7)22-15-11-4;1-5-8(12)7(4-11)6(3-10)2-9-5/h24-26H,8-23H2,1-7H3;2,10-12H,3-4H2,1H3. The predicted octanol–water partition coefficient (Wildman–Crippen LogP) is 9.58. The number of ether oxygens (including phenoxy) is 1. The summed E-state index contributed by atoms with van der Waals surface area (Å²) in [5.74, 6) is 0.868. The van der Waals surface area contributed by atoms with Crippen LogP contribution in [0.4, 0.5) is 0 Å². The SMILES string of the molecule is CCCCCCCCC(C(=O)OC(C)CCCC)(C(C)CCCC)C(C)CCCC.Cc1ncc(CO)c(CO)c1O. The van der Waals surface area contributed by atoms with Gasteiger partial charge in [-0.3, -0.25) is 9.78 Å². The fourth-order valence-corrected chi connectivity index (χ4v) is 6.06. The second-order valence-corrected chi connectivity index (χ2v) is 12.5. The van der Waals surface area contributed by atoms with Gasteiger partial charge in [0.25, 0.3) is 0 Å². The van der Waals surface area contributed by atoms with E-state index >= 15 is 0 Å². The number of unbranched alkanes of at least 4 members (excludes halogenated alkanes) is 8. The van der Waals surface area contributed by atoms with E-state index in [2.05, 4.69) is 53.5 Å². The van der Waals surface area contributed by atoms with Crippen molar-refractivity contribution in [2.24, 2.45) is 17.3 Å². The summed E-state index contributed by atoms with van der Waals surface area (Å²) < 4.78 is 6.18. The highest BCUT2D eigenvalue weighted by molar-refractivity contribution is 5.77. The van der Waals surface area contributed by atoms with Crippen LogP contribution >= 0.6 is 0 Å². The summed E-state index contributed by atoms with van der Waals surface area (Å²) in [6.07, 6.45) is 20.5. The van der Waals surface area contributed by atoms with E-state index in [1.54, 1.807) is 6.92 Å². The molecular weight excluding hydrogens is 526 g/mol. The fraction of sp³-hybridized carbons (Fsp3) is 0.833. The number of aryl methyl sites for hydroxylation is 1. The van der Waals surface area contributed by atoms with E-state index < -0.39 is 0 Å². The number of carbonyl (C=O) groups is 1. The molecule has 1 aromatic heterocycles. The molecule has 246 valence electrons. The monoisotopic (exact) mass is 594 g/mol. The maximum Gasteiger partial charge on any atom is 0.312 e. The fourth-order valence-electron chi connectivity index (χ4n) is 6.06. The lowest BCUT2D eigenvalue weighted by molar-refractivity contribution is -0.170. The summed E-state index contributed by atoms with van der Waals surface area (Å²) in [4.78, 5) is 17.6. The van der Waals surface area contributed by atoms with Gasteiger partial charge in [-0.1, -0.05) is 119 Å². The van der Waals surface area contributed by atoms with Gasteiger partial charge in [-0.15, -0.1) is 0 Å². The third kappa shape index (κ3) is 13.8. The maximum absolute atomic E-state index is 13.8. The Morgan fingerprint density at radius 2 is 1.29 bits per heavy atom. The molecule has 6 nitrogen and oxygen atoms in total. The summed E-state index contributed by atoms with van der Waals surface area (Å²) in [5.41, 5.74) is 0.956. The summed E-state index contributed by atoms with van der Waals surface area (Å²) in [5, 5.41) is 27.0. The molecule has 0 saturated heterocycles. The first-order valence-electron chi connectivity index (χ1n) is 17.2. The van der Waals surface area contributed by atoms with E-state index in [0.717, 1.165) is 44.9 Å². The Morgan fingerprint density at radius 1 is 0.786 bits per heavy atom. The zero-order chi connectivity index (χ0) is 32.0. The highest BCUT2D eigenvalue weighted by Gasteiger charge is 2.48. The molecule has 3 atom stereocenters. The van der Waals surface area contributed by atoms with Crippen LogP contribution in [0.25, 0.3) is 0 Å². The van der Waals surface area contributed by atoms with Gasteiger partial charge >= 0.3 is 5.97 Å². The molecule has 1 rings (SSSR count). The molecule has 0 aliphatic carbocycles. The number of pyridine rings is 1. The van der Waals surface area contributed by atoms with Crippen molar-refractivity contribution in [1.82, 2.24) is 4.98 Å². The van der Waals surface area contributed by atoms with Crippen molar-refractivity contribution >= 4 is 5.97 Å². The van der Waals surface area contributed by atoms with E-state index in [0.29, 0.717) is 28.7 Å². The normalized spacial score (nSPS) is 14.8. The Hall–Kier alpha value is -1.66. The van der Waals surface area contributed by atoms with Crippen molar-refractivity contribution in [3.8, 4) is 5.75 Å². The number of hydrogen-bond acceptors (Lipinski definition) is 6. The summed E-state index contributed by atoms with van der Waals surface area (Å²) in [6.45, 7) is 16.9. The maximum atomic E-state index is 13.8. The van der Waals surface area contributed by atoms with Crippen LogP contribution in [0.15, 0.2) is 6.20 Å². The minimum absolute atomic E-state index is 0.0379. The Balaban J connectivity index is 0.00000115. The molecule has 0 aliphatic rings. The van der Waals surface area contributed by atoms with Gasteiger partial charge in [0.15, 0.2) is 0 Å². The van der Waals surface area contributed by atoms with Gasteiger partial charge in [0, 0.05) is 17.3 Å². The molecule has 3 unspecified atom stereocenters. The van der Waals surface area contributed by atoms with Crippen molar-refractivity contribution in [3.63, 3.8) is 0 Å². The minimum Gasteiger partial charge on any atom is -0.506 e. The molecule has 0 aliphatic heterocycles. The molecule has 0 spiro atoms. The van der Waals surface area contributed by atoms with Crippen molar-refractivity contribution < 1.29 is 24.9 Å². The Labute approximate surface area is 259 Å². The van der Waals surface area contributed by atoms with Gasteiger partial charge in [-0.05, 0) is 51.4 Å². The second kappa shape index (κ2) is 23.8. The molecule has 0 fully saturated rings. The first kappa shape index (κ1) is 40.3. The molecule has 1 heterocycles. The number of aromatic hydroxyl groups is 1. The minimum atomic E-state index is -0.310. The summed E-state index contributed by atoms with van der Waals surface area (Å²) in [7, 11) is 0. The lowest BCUT2D eigenvalue weighted by Crippen LogP contribution is -2.45. The van der Waals surface area contributed by atoms with E-state index in [4.69, 9.17) is 14.9 Å². The first-order valence-corrected chi connectivity index (χ1v) is 17.2. The number of hydrogen-bond donors (Lipinski definition) is 3. The lowest BCUT2D eigenvalue weighted by atomic mass is 9.62. The molecule has 0 amide bonds. The largest absolute Gasteiger partial charge is 0.506 e. The average Bonchev–Trinajstić information content (AvgIpc) is 2.98. The zero-order valence-electron chi connectivity index (χ0n) is 28.6. The Bertz CT molecular complexity index is 813. The van der Waals surface area contributed by atoms with Crippen LogP contribution in [0.5, 0.6) is 5.75 Å². The van der Waals surface area contributed by atoms with Gasteiger partial charge < -0.3 is 20.1 Å². The number of aromatic nitrogens is 1. The van der Waals surface area contributed by atoms with Gasteiger partial charge in [0.2, 0.25) is 0 Å². The van der Waals surface area contributed by atoms with Crippen LogP contribution < -0.4 is 0 Å². The van der Waals surface area contributed by atoms with E-state index in [9.17, 15) is 9.90 Å². The molecule has 1 aromatic rings. The van der Waals surface area contributed by atoms with Crippen LogP contribution in [0.2, 0.25) is 0 Å². The van der Waals surface area contributed by atoms with Crippen molar-refractivity contribution in [1.29, 1.82) is 0 Å². The number of aliphatic hydroxyl groups is 2. The van der Waals surface area contributed by atoms with Gasteiger partial charge in [0.1, 0.15) is 5.75 Å². The number of aliphatic hydroxyl groups excluding tert-OH is 2. The molecule has 0 saturated carbocycles. The van der Waals surface area contributed by atoms with E-state index in [1.165, 1.54) is 64.0 Å². The van der Waals surface area contributed by atoms with Gasteiger partial charge in [-0.25, -0.2) is 0 Å². The molecule has 3 N–H and O–H groups in total. The summed E-state index contributed by atoms with van der Waals surface area (Å²) >= 11 is 0. The number of esters is 1. The Morgan fingerprint density at radius 3 is 1.79 bits per heavy atom. The molecule has 0 bridgehead atoms. The van der Waals surface area contributed by atoms with E-state index in [1.807, 2.05) is 0 Å². The molecule has 0 aromatic carbocycles. The topological polar surface area (TPSA) is 99.9 Å².